The molecule has 3 heterocycles. The maximum atomic E-state index is 12.4. The molecule has 4 rings (SSSR count). The van der Waals surface area contributed by atoms with E-state index in [0.29, 0.717) is 25.9 Å². The van der Waals surface area contributed by atoms with E-state index in [1.165, 1.54) is 0 Å². The molecule has 2 amide bonds. The van der Waals surface area contributed by atoms with Gasteiger partial charge in [0.05, 0.1) is 19.8 Å². The summed E-state index contributed by atoms with van der Waals surface area (Å²) in [6, 6.07) is 7.88. The van der Waals surface area contributed by atoms with Crippen LogP contribution in [0.1, 0.15) is 19.8 Å². The number of benzene rings is 1. The number of urea groups is 1. The highest BCUT2D eigenvalue weighted by molar-refractivity contribution is 5.90. The second kappa shape index (κ2) is 7.42. The number of carbonyl (C=O) groups excluding carboxylic acids is 1. The average molecular weight is 361 g/mol. The molecule has 0 bridgehead atoms. The minimum atomic E-state index is -0.328. The number of piperidine rings is 1. The van der Waals surface area contributed by atoms with E-state index < -0.39 is 0 Å². The first-order valence-electron chi connectivity index (χ1n) is 9.48. The molecule has 3 aliphatic heterocycles. The molecule has 0 unspecified atom stereocenters. The number of hydrogen-bond acceptors (Lipinski definition) is 5. The minimum absolute atomic E-state index is 0.0404. The molecule has 0 aliphatic carbocycles. The van der Waals surface area contributed by atoms with Crippen LogP contribution < -0.4 is 10.1 Å². The zero-order valence-electron chi connectivity index (χ0n) is 15.3. The summed E-state index contributed by atoms with van der Waals surface area (Å²) in [6.45, 7) is 7.50. The third-order valence-electron chi connectivity index (χ3n) is 5.46. The zero-order chi connectivity index (χ0) is 18.0. The topological polar surface area (TPSA) is 63.3 Å². The van der Waals surface area contributed by atoms with Crippen LogP contribution in [0.4, 0.5) is 10.5 Å². The molecular weight excluding hydrogens is 334 g/mol. The van der Waals surface area contributed by atoms with Crippen molar-refractivity contribution in [1.82, 2.24) is 9.80 Å². The van der Waals surface area contributed by atoms with Gasteiger partial charge in [-0.05, 0) is 31.2 Å². The van der Waals surface area contributed by atoms with Gasteiger partial charge in [0.1, 0.15) is 5.75 Å². The van der Waals surface area contributed by atoms with Gasteiger partial charge in [0, 0.05) is 50.7 Å². The Balaban J connectivity index is 1.21. The zero-order valence-corrected chi connectivity index (χ0v) is 15.3. The lowest BCUT2D eigenvalue weighted by molar-refractivity contribution is -0.190. The van der Waals surface area contributed by atoms with E-state index in [0.717, 1.165) is 50.5 Å². The molecule has 3 fully saturated rings. The van der Waals surface area contributed by atoms with Gasteiger partial charge in [-0.25, -0.2) is 4.79 Å². The Bertz CT molecular complexity index is 614. The maximum Gasteiger partial charge on any atom is 0.321 e. The Kier molecular flexibility index (Phi) is 5.02. The molecule has 142 valence electrons. The number of carbonyl (C=O) groups is 1. The van der Waals surface area contributed by atoms with Crippen molar-refractivity contribution in [1.29, 1.82) is 0 Å². The molecule has 0 aromatic heterocycles. The van der Waals surface area contributed by atoms with Crippen LogP contribution in [0.25, 0.3) is 0 Å². The van der Waals surface area contributed by atoms with E-state index in [9.17, 15) is 4.79 Å². The Morgan fingerprint density at radius 2 is 1.85 bits per heavy atom. The normalized spacial score (nSPS) is 23.0. The molecule has 3 saturated heterocycles. The van der Waals surface area contributed by atoms with E-state index in [1.807, 2.05) is 36.1 Å². The number of hydrogen-bond donors (Lipinski definition) is 1. The van der Waals surface area contributed by atoms with Crippen LogP contribution in [0.15, 0.2) is 24.3 Å². The average Bonchev–Trinajstić information content (AvgIpc) is 3.06. The fourth-order valence-electron chi connectivity index (χ4n) is 3.87. The highest BCUT2D eigenvalue weighted by Gasteiger charge is 2.43. The predicted molar refractivity (Wildman–Crippen MR) is 97.4 cm³/mol. The Morgan fingerprint density at radius 3 is 2.46 bits per heavy atom. The van der Waals surface area contributed by atoms with Crippen LogP contribution in [-0.4, -0.2) is 73.7 Å². The predicted octanol–water partition coefficient (Wildman–Crippen LogP) is 2.14. The van der Waals surface area contributed by atoms with E-state index in [4.69, 9.17) is 14.2 Å². The van der Waals surface area contributed by atoms with Gasteiger partial charge in [0.2, 0.25) is 0 Å². The van der Waals surface area contributed by atoms with Gasteiger partial charge in [0.25, 0.3) is 0 Å². The molecule has 3 aliphatic rings. The molecule has 1 aromatic rings. The molecular formula is C19H27N3O4. The molecule has 0 atom stereocenters. The van der Waals surface area contributed by atoms with Crippen molar-refractivity contribution in [2.24, 2.45) is 0 Å². The molecule has 7 heteroatoms. The molecule has 7 nitrogen and oxygen atoms in total. The van der Waals surface area contributed by atoms with Gasteiger partial charge in [-0.1, -0.05) is 0 Å². The number of nitrogens with zero attached hydrogens (tertiary/aromatic N) is 2. The van der Waals surface area contributed by atoms with E-state index >= 15 is 0 Å². The Hall–Kier alpha value is -1.83. The maximum absolute atomic E-state index is 12.4. The fourth-order valence-corrected chi connectivity index (χ4v) is 3.87. The van der Waals surface area contributed by atoms with Crippen molar-refractivity contribution in [2.45, 2.75) is 31.6 Å². The Morgan fingerprint density at radius 1 is 1.19 bits per heavy atom. The number of ether oxygens (including phenoxy) is 3. The monoisotopic (exact) mass is 361 g/mol. The number of amides is 2. The van der Waals surface area contributed by atoms with Crippen molar-refractivity contribution in [3.63, 3.8) is 0 Å². The van der Waals surface area contributed by atoms with Gasteiger partial charge >= 0.3 is 6.03 Å². The summed E-state index contributed by atoms with van der Waals surface area (Å²) in [4.78, 5) is 16.7. The quantitative estimate of drug-likeness (QED) is 0.890. The molecule has 1 spiro atoms. The summed E-state index contributed by atoms with van der Waals surface area (Å²) in [7, 11) is 0. The van der Waals surface area contributed by atoms with Gasteiger partial charge in [-0.2, -0.15) is 0 Å². The first kappa shape index (κ1) is 17.6. The lowest BCUT2D eigenvalue weighted by Gasteiger charge is -2.48. The molecule has 0 saturated carbocycles. The first-order valence-corrected chi connectivity index (χ1v) is 9.48. The number of rotatable bonds is 4. The summed E-state index contributed by atoms with van der Waals surface area (Å²) >= 11 is 0. The number of likely N-dealkylation sites (tertiary alicyclic amines) is 2. The minimum Gasteiger partial charge on any atom is -0.494 e. The summed E-state index contributed by atoms with van der Waals surface area (Å²) in [5.41, 5.74) is 0.789. The van der Waals surface area contributed by atoms with Crippen molar-refractivity contribution in [2.75, 3.05) is 51.3 Å². The van der Waals surface area contributed by atoms with E-state index in [1.54, 1.807) is 0 Å². The molecule has 1 N–H and O–H groups in total. The van der Waals surface area contributed by atoms with Gasteiger partial charge in [-0.15, -0.1) is 0 Å². The molecule has 26 heavy (non-hydrogen) atoms. The summed E-state index contributed by atoms with van der Waals surface area (Å²) < 4.78 is 17.0. The van der Waals surface area contributed by atoms with Gasteiger partial charge < -0.3 is 24.4 Å². The fraction of sp³-hybridized carbons (Fsp3) is 0.632. The van der Waals surface area contributed by atoms with Crippen molar-refractivity contribution < 1.29 is 19.0 Å². The van der Waals surface area contributed by atoms with Crippen molar-refractivity contribution >= 4 is 11.7 Å². The van der Waals surface area contributed by atoms with Crippen LogP contribution >= 0.6 is 0 Å². The molecule has 1 aromatic carbocycles. The van der Waals surface area contributed by atoms with Crippen LogP contribution in [0.3, 0.4) is 0 Å². The second-order valence-corrected chi connectivity index (χ2v) is 7.09. The highest BCUT2D eigenvalue weighted by atomic mass is 16.7. The SMILES string of the molecule is CCOc1ccc(NC(=O)N2CC(N3CCC4(CC3)OCCO4)C2)cc1. The number of anilines is 1. The van der Waals surface area contributed by atoms with Crippen LogP contribution in [0, 0.1) is 0 Å². The smallest absolute Gasteiger partial charge is 0.321 e. The lowest BCUT2D eigenvalue weighted by atomic mass is 9.99. The van der Waals surface area contributed by atoms with Gasteiger partial charge in [0.15, 0.2) is 5.79 Å². The van der Waals surface area contributed by atoms with Crippen LogP contribution in [0.2, 0.25) is 0 Å². The van der Waals surface area contributed by atoms with Crippen LogP contribution in [0.5, 0.6) is 5.75 Å². The lowest BCUT2D eigenvalue weighted by Crippen LogP contribution is -2.64. The Labute approximate surface area is 154 Å². The summed E-state index contributed by atoms with van der Waals surface area (Å²) in [5, 5.41) is 2.95. The third kappa shape index (κ3) is 3.65. The third-order valence-corrected chi connectivity index (χ3v) is 5.46. The van der Waals surface area contributed by atoms with Crippen molar-refractivity contribution in [3.8, 4) is 5.75 Å². The summed E-state index contributed by atoms with van der Waals surface area (Å²) in [5.74, 6) is 0.484. The van der Waals surface area contributed by atoms with E-state index in [-0.39, 0.29) is 11.8 Å². The summed E-state index contributed by atoms with van der Waals surface area (Å²) in [6.07, 6.45) is 1.84. The van der Waals surface area contributed by atoms with Crippen molar-refractivity contribution in [3.05, 3.63) is 24.3 Å². The largest absolute Gasteiger partial charge is 0.494 e. The second-order valence-electron chi connectivity index (χ2n) is 7.09. The first-order chi connectivity index (χ1) is 12.7. The standard InChI is InChI=1S/C19H27N3O4/c1-2-24-17-5-3-15(4-6-17)20-18(23)22-13-16(14-22)21-9-7-19(8-10-21)25-11-12-26-19/h3-6,16H,2,7-14H2,1H3,(H,20,23). The van der Waals surface area contributed by atoms with E-state index in [2.05, 4.69) is 10.2 Å². The molecule has 0 radical (unpaired) electrons. The highest BCUT2D eigenvalue weighted by Crippen LogP contribution is 2.33. The van der Waals surface area contributed by atoms with Crippen LogP contribution in [-0.2, 0) is 9.47 Å². The number of nitrogens with one attached hydrogen (secondary N) is 1. The van der Waals surface area contributed by atoms with Gasteiger partial charge in [-0.3, -0.25) is 4.90 Å².